The van der Waals surface area contributed by atoms with Gasteiger partial charge in [0, 0.05) is 31.5 Å². The van der Waals surface area contributed by atoms with Gasteiger partial charge in [-0.05, 0) is 37.0 Å². The number of carbonyl (C=O) groups is 2. The van der Waals surface area contributed by atoms with Crippen LogP contribution in [-0.2, 0) is 11.3 Å². The van der Waals surface area contributed by atoms with Crippen molar-refractivity contribution in [2.45, 2.75) is 38.8 Å². The third-order valence-electron chi connectivity index (χ3n) is 3.63. The number of urea groups is 1. The molecule has 108 valence electrons. The molecular weight excluding hydrogens is 258 g/mol. The molecule has 0 spiro atoms. The number of nitrogens with one attached hydrogen (secondary N) is 1. The number of carbonyl (C=O) groups excluding carboxylic acids is 1. The van der Waals surface area contributed by atoms with E-state index < -0.39 is 5.97 Å². The highest BCUT2D eigenvalue weighted by Crippen LogP contribution is 2.20. The third-order valence-corrected chi connectivity index (χ3v) is 3.63. The van der Waals surface area contributed by atoms with Gasteiger partial charge in [0.15, 0.2) is 0 Å². The number of aliphatic carboxylic acids is 1. The summed E-state index contributed by atoms with van der Waals surface area (Å²) in [5.74, 6) is -0.863. The number of hydrogen-bond acceptors (Lipinski definition) is 3. The second kappa shape index (κ2) is 6.36. The van der Waals surface area contributed by atoms with Crippen LogP contribution in [0.15, 0.2) is 18.5 Å². The molecule has 1 unspecified atom stereocenters. The van der Waals surface area contributed by atoms with Gasteiger partial charge in [0.2, 0.25) is 0 Å². The summed E-state index contributed by atoms with van der Waals surface area (Å²) in [4.78, 5) is 28.6. The Morgan fingerprint density at radius 3 is 3.05 bits per heavy atom. The Balaban J connectivity index is 1.91. The Labute approximate surface area is 117 Å². The molecule has 6 nitrogen and oxygen atoms in total. The Kier molecular flexibility index (Phi) is 4.55. The average molecular weight is 277 g/mol. The lowest BCUT2D eigenvalue weighted by atomic mass is 10.1. The van der Waals surface area contributed by atoms with Gasteiger partial charge in [0.1, 0.15) is 0 Å². The van der Waals surface area contributed by atoms with Crippen LogP contribution in [0.4, 0.5) is 4.79 Å². The summed E-state index contributed by atoms with van der Waals surface area (Å²) in [7, 11) is 0. The van der Waals surface area contributed by atoms with Crippen LogP contribution in [0, 0.1) is 6.92 Å². The van der Waals surface area contributed by atoms with Crippen molar-refractivity contribution in [3.63, 3.8) is 0 Å². The summed E-state index contributed by atoms with van der Waals surface area (Å²) < 4.78 is 0. The van der Waals surface area contributed by atoms with Gasteiger partial charge in [-0.25, -0.2) is 4.79 Å². The van der Waals surface area contributed by atoms with Gasteiger partial charge in [-0.15, -0.1) is 0 Å². The summed E-state index contributed by atoms with van der Waals surface area (Å²) in [5.41, 5.74) is 2.04. The molecule has 2 heterocycles. The third kappa shape index (κ3) is 3.46. The Morgan fingerprint density at radius 1 is 1.55 bits per heavy atom. The number of carboxylic acids is 1. The van der Waals surface area contributed by atoms with Crippen LogP contribution < -0.4 is 5.32 Å². The van der Waals surface area contributed by atoms with Gasteiger partial charge < -0.3 is 15.3 Å². The summed E-state index contributed by atoms with van der Waals surface area (Å²) >= 11 is 0. The Bertz CT molecular complexity index is 504. The van der Waals surface area contributed by atoms with E-state index in [1.165, 1.54) is 0 Å². The molecule has 0 bridgehead atoms. The monoisotopic (exact) mass is 277 g/mol. The molecule has 0 aliphatic carbocycles. The minimum absolute atomic E-state index is 0.0132. The van der Waals surface area contributed by atoms with Gasteiger partial charge >= 0.3 is 12.0 Å². The molecule has 0 radical (unpaired) electrons. The van der Waals surface area contributed by atoms with Gasteiger partial charge in [-0.3, -0.25) is 9.78 Å². The van der Waals surface area contributed by atoms with Crippen LogP contribution >= 0.6 is 0 Å². The maximum absolute atomic E-state index is 12.1. The molecule has 1 fully saturated rings. The second-order valence-electron chi connectivity index (χ2n) is 5.05. The summed E-state index contributed by atoms with van der Waals surface area (Å²) in [5, 5.41) is 11.7. The van der Waals surface area contributed by atoms with E-state index in [4.69, 9.17) is 5.11 Å². The van der Waals surface area contributed by atoms with Gasteiger partial charge in [0.25, 0.3) is 0 Å². The predicted molar refractivity (Wildman–Crippen MR) is 73.2 cm³/mol. The first-order valence-corrected chi connectivity index (χ1v) is 6.73. The van der Waals surface area contributed by atoms with Crippen LogP contribution in [-0.4, -0.2) is 39.6 Å². The molecule has 2 rings (SSSR count). The lowest BCUT2D eigenvalue weighted by Gasteiger charge is -2.24. The van der Waals surface area contributed by atoms with Crippen molar-refractivity contribution < 1.29 is 14.7 Å². The fourth-order valence-electron chi connectivity index (χ4n) is 2.47. The van der Waals surface area contributed by atoms with Gasteiger partial charge in [-0.1, -0.05) is 0 Å². The first-order chi connectivity index (χ1) is 9.58. The molecule has 0 aromatic carbocycles. The highest BCUT2D eigenvalue weighted by Gasteiger charge is 2.30. The van der Waals surface area contributed by atoms with Crippen LogP contribution in [0.2, 0.25) is 0 Å². The zero-order valence-electron chi connectivity index (χ0n) is 11.5. The molecule has 1 aliphatic heterocycles. The van der Waals surface area contributed by atoms with Crippen molar-refractivity contribution in [3.05, 3.63) is 29.6 Å². The summed E-state index contributed by atoms with van der Waals surface area (Å²) in [6.07, 6.45) is 5.07. The SMILES string of the molecule is Cc1ccncc1CNC(=O)N1CCCC1CC(=O)O. The Morgan fingerprint density at radius 2 is 2.35 bits per heavy atom. The molecule has 6 heteroatoms. The van der Waals surface area contributed by atoms with E-state index in [-0.39, 0.29) is 18.5 Å². The highest BCUT2D eigenvalue weighted by atomic mass is 16.4. The molecule has 1 aromatic rings. The normalized spacial score (nSPS) is 18.1. The maximum atomic E-state index is 12.1. The van der Waals surface area contributed by atoms with Crippen molar-refractivity contribution in [1.29, 1.82) is 0 Å². The molecule has 2 N–H and O–H groups in total. The number of rotatable bonds is 4. The van der Waals surface area contributed by atoms with E-state index in [2.05, 4.69) is 10.3 Å². The minimum atomic E-state index is -0.863. The number of aryl methyl sites for hydroxylation is 1. The molecule has 1 atom stereocenters. The number of carboxylic acid groups (broad SMARTS) is 1. The minimum Gasteiger partial charge on any atom is -0.481 e. The molecule has 1 saturated heterocycles. The quantitative estimate of drug-likeness (QED) is 0.874. The molecule has 20 heavy (non-hydrogen) atoms. The summed E-state index contributed by atoms with van der Waals surface area (Å²) in [6, 6.07) is 1.50. The zero-order valence-corrected chi connectivity index (χ0v) is 11.5. The van der Waals surface area contributed by atoms with Crippen LogP contribution in [0.25, 0.3) is 0 Å². The van der Waals surface area contributed by atoms with Crippen molar-refractivity contribution in [2.75, 3.05) is 6.54 Å². The fourth-order valence-corrected chi connectivity index (χ4v) is 2.47. The maximum Gasteiger partial charge on any atom is 0.317 e. The molecule has 1 aliphatic rings. The van der Waals surface area contributed by atoms with E-state index in [0.29, 0.717) is 13.1 Å². The number of nitrogens with zero attached hydrogens (tertiary/aromatic N) is 2. The first-order valence-electron chi connectivity index (χ1n) is 6.73. The van der Waals surface area contributed by atoms with E-state index >= 15 is 0 Å². The lowest BCUT2D eigenvalue weighted by Crippen LogP contribution is -2.43. The number of aromatic nitrogens is 1. The highest BCUT2D eigenvalue weighted by molar-refractivity contribution is 5.76. The van der Waals surface area contributed by atoms with E-state index in [1.54, 1.807) is 17.3 Å². The van der Waals surface area contributed by atoms with E-state index in [1.807, 2.05) is 13.0 Å². The van der Waals surface area contributed by atoms with Crippen LogP contribution in [0.3, 0.4) is 0 Å². The van der Waals surface area contributed by atoms with Gasteiger partial charge in [-0.2, -0.15) is 0 Å². The molecule has 1 aromatic heterocycles. The second-order valence-corrected chi connectivity index (χ2v) is 5.05. The largest absolute Gasteiger partial charge is 0.481 e. The Hall–Kier alpha value is -2.11. The molecular formula is C14H19N3O3. The number of pyridine rings is 1. The fraction of sp³-hybridized carbons (Fsp3) is 0.500. The van der Waals surface area contributed by atoms with Crippen molar-refractivity contribution in [2.24, 2.45) is 0 Å². The zero-order chi connectivity index (χ0) is 14.5. The van der Waals surface area contributed by atoms with Crippen molar-refractivity contribution in [1.82, 2.24) is 15.2 Å². The average Bonchev–Trinajstić information content (AvgIpc) is 2.85. The van der Waals surface area contributed by atoms with Crippen LogP contribution in [0.5, 0.6) is 0 Å². The lowest BCUT2D eigenvalue weighted by molar-refractivity contribution is -0.137. The molecule has 2 amide bonds. The van der Waals surface area contributed by atoms with Crippen LogP contribution in [0.1, 0.15) is 30.4 Å². The first kappa shape index (κ1) is 14.3. The number of hydrogen-bond donors (Lipinski definition) is 2. The standard InChI is InChI=1S/C14H19N3O3/c1-10-4-5-15-8-11(10)9-16-14(20)17-6-2-3-12(17)7-13(18)19/h4-5,8,12H,2-3,6-7,9H2,1H3,(H,16,20)(H,18,19). The van der Waals surface area contributed by atoms with Crippen molar-refractivity contribution in [3.8, 4) is 0 Å². The van der Waals surface area contributed by atoms with E-state index in [9.17, 15) is 9.59 Å². The van der Waals surface area contributed by atoms with E-state index in [0.717, 1.165) is 24.0 Å². The molecule has 0 saturated carbocycles. The van der Waals surface area contributed by atoms with Crippen molar-refractivity contribution >= 4 is 12.0 Å². The number of likely N-dealkylation sites (tertiary alicyclic amines) is 1. The topological polar surface area (TPSA) is 82.5 Å². The predicted octanol–water partition coefficient (Wildman–Crippen LogP) is 1.54. The summed E-state index contributed by atoms with van der Waals surface area (Å²) in [6.45, 7) is 3.00. The smallest absolute Gasteiger partial charge is 0.317 e. The van der Waals surface area contributed by atoms with Gasteiger partial charge in [0.05, 0.1) is 6.42 Å². The number of amides is 2.